The monoisotopic (exact) mass is 908 g/mol. The number of ether oxygens (including phenoxy) is 6. The minimum Gasteiger partial charge on any atom is -0.457 e. The number of halogens is 2. The number of nitrogens with zero attached hydrogens (tertiary/aromatic N) is 3. The van der Waals surface area contributed by atoms with E-state index in [1.165, 1.54) is 0 Å². The SMILES string of the molecule is COC1CC(CC2=C[N-]C(N)N=C2N)CC(OC)C1OC.COC1CC(CC2C[N-]C(N)NC2N)CC(OC)C1OC.[Br][Cd][Br].[OH3+].[OH3+]. The van der Waals surface area contributed by atoms with Crippen LogP contribution in [-0.4, -0.2) is 110 Å². The summed E-state index contributed by atoms with van der Waals surface area (Å²) in [4.78, 5) is 4.09. The van der Waals surface area contributed by atoms with Gasteiger partial charge in [-0.1, -0.05) is 0 Å². The van der Waals surface area contributed by atoms with Gasteiger partial charge in [-0.2, -0.15) is 6.20 Å². The molecule has 1 saturated heterocycles. The van der Waals surface area contributed by atoms with E-state index in [0.717, 1.165) is 50.6 Å². The average molecular weight is 909 g/mol. The van der Waals surface area contributed by atoms with Crippen LogP contribution in [0.15, 0.2) is 16.8 Å². The zero-order valence-electron chi connectivity index (χ0n) is 28.7. The minimum atomic E-state index is -0.573. The summed E-state index contributed by atoms with van der Waals surface area (Å²) >= 11 is 6.16. The van der Waals surface area contributed by atoms with Gasteiger partial charge in [0.05, 0.1) is 30.6 Å². The van der Waals surface area contributed by atoms with Crippen LogP contribution in [-0.2, 0) is 58.8 Å². The fraction of sp³-hybridized carbons (Fsp3) is 0.893. The van der Waals surface area contributed by atoms with Crippen molar-refractivity contribution in [3.63, 3.8) is 0 Å². The molecule has 0 bridgehead atoms. The maximum Gasteiger partial charge on any atom is -0.457 e. The molecule has 8 atom stereocenters. The molecule has 4 rings (SSSR count). The number of methoxy groups -OCH3 is 6. The minimum absolute atomic E-state index is 0. The van der Waals surface area contributed by atoms with Crippen molar-refractivity contribution in [3.05, 3.63) is 22.4 Å². The van der Waals surface area contributed by atoms with Gasteiger partial charge in [-0.05, 0) is 68.1 Å². The van der Waals surface area contributed by atoms with Crippen molar-refractivity contribution in [1.29, 1.82) is 0 Å². The van der Waals surface area contributed by atoms with Gasteiger partial charge in [-0.15, -0.1) is 6.54 Å². The van der Waals surface area contributed by atoms with Gasteiger partial charge in [-0.3, -0.25) is 4.99 Å². The molecule has 0 aromatic carbocycles. The molecule has 3 fully saturated rings. The van der Waals surface area contributed by atoms with Crippen molar-refractivity contribution in [2.75, 3.05) is 49.2 Å². The molecule has 19 heteroatoms. The normalized spacial score (nSPS) is 36.6. The van der Waals surface area contributed by atoms with Crippen LogP contribution in [0.25, 0.3) is 10.6 Å². The molecular weight excluding hydrogens is 849 g/mol. The van der Waals surface area contributed by atoms with E-state index in [4.69, 9.17) is 51.4 Å². The number of nitrogens with two attached hydrogens (primary N) is 4. The Morgan fingerprint density at radius 1 is 0.809 bits per heavy atom. The topological polar surface area (TPSA) is 278 Å². The summed E-state index contributed by atoms with van der Waals surface area (Å²) in [7, 11) is 10.3. The third kappa shape index (κ3) is 14.9. The second-order valence-electron chi connectivity index (χ2n) is 11.7. The average Bonchev–Trinajstić information content (AvgIpc) is 3.03. The van der Waals surface area contributed by atoms with E-state index >= 15 is 0 Å². The molecule has 2 saturated carbocycles. The summed E-state index contributed by atoms with van der Waals surface area (Å²) < 4.78 is 33.4. The van der Waals surface area contributed by atoms with Gasteiger partial charge < -0.3 is 78.3 Å². The second kappa shape index (κ2) is 25.3. The van der Waals surface area contributed by atoms with Crippen LogP contribution in [0, 0.1) is 17.8 Å². The summed E-state index contributed by atoms with van der Waals surface area (Å²) in [5.74, 6) is 1.67. The van der Waals surface area contributed by atoms with Gasteiger partial charge in [-0.25, -0.2) is 0 Å². The van der Waals surface area contributed by atoms with E-state index in [2.05, 4.69) is 44.9 Å². The van der Waals surface area contributed by atoms with Crippen LogP contribution in [0.4, 0.5) is 0 Å². The Morgan fingerprint density at radius 2 is 1.26 bits per heavy atom. The van der Waals surface area contributed by atoms with E-state index in [1.54, 1.807) is 48.9 Å². The zero-order valence-corrected chi connectivity index (χ0v) is 35.9. The summed E-state index contributed by atoms with van der Waals surface area (Å²) in [5.41, 5.74) is 24.3. The fourth-order valence-corrected chi connectivity index (χ4v) is 6.77. The number of hydrogen-bond acceptors (Lipinski definition) is 12. The van der Waals surface area contributed by atoms with Gasteiger partial charge in [0.25, 0.3) is 0 Å². The first-order chi connectivity index (χ1) is 21.6. The number of aliphatic imine (C=N–C) groups is 1. The van der Waals surface area contributed by atoms with Crippen molar-refractivity contribution in [2.45, 2.75) is 93.9 Å². The second-order valence-corrected chi connectivity index (χ2v) is 29.9. The van der Waals surface area contributed by atoms with Crippen LogP contribution < -0.4 is 28.3 Å². The molecule has 0 aromatic heterocycles. The van der Waals surface area contributed by atoms with E-state index in [1.807, 2.05) is 0 Å². The van der Waals surface area contributed by atoms with Gasteiger partial charge in [0, 0.05) is 48.9 Å². The van der Waals surface area contributed by atoms with Crippen LogP contribution in [0.2, 0.25) is 0 Å². The molecule has 4 aliphatic rings. The van der Waals surface area contributed by atoms with E-state index in [-0.39, 0.29) is 79.5 Å². The predicted molar refractivity (Wildman–Crippen MR) is 189 cm³/mol. The number of amidine groups is 1. The van der Waals surface area contributed by atoms with Crippen molar-refractivity contribution in [2.24, 2.45) is 45.7 Å². The van der Waals surface area contributed by atoms with Crippen LogP contribution in [0.3, 0.4) is 0 Å². The van der Waals surface area contributed by atoms with E-state index in [0.29, 0.717) is 23.6 Å². The Bertz CT molecular complexity index is 879. The first-order valence-electron chi connectivity index (χ1n) is 15.3. The summed E-state index contributed by atoms with van der Waals surface area (Å²) in [6.07, 6.45) is 6.34. The molecule has 47 heavy (non-hydrogen) atoms. The van der Waals surface area contributed by atoms with Gasteiger partial charge >= 0.3 is 43.4 Å². The zero-order chi connectivity index (χ0) is 33.5. The molecule has 2 heterocycles. The van der Waals surface area contributed by atoms with Crippen LogP contribution >= 0.6 is 24.0 Å². The maximum absolute atomic E-state index is 6.14. The third-order valence-corrected chi connectivity index (χ3v) is 9.02. The molecule has 0 amide bonds. The summed E-state index contributed by atoms with van der Waals surface area (Å²) in [6, 6.07) is 0. The standard InChI is InChI=1S/C14H29N4O3.C14H25N4O3.2BrH.Cd.2H2O/c2*1-19-10-5-8(6-11(20-2)12(10)21-3)4-9-7-17-14(16)18-13(9)15;;;;;/h8-14,18H,4-7,15-16H2,1-3H3;7-8,10-12,14H,4-6,16H2,1-3H3,(H2,15,18);2*1H;;2*1H2/q2*-1;;;+2;;. The molecule has 0 aromatic rings. The van der Waals surface area contributed by atoms with Crippen LogP contribution in [0.5, 0.6) is 0 Å². The Morgan fingerprint density at radius 3 is 1.64 bits per heavy atom. The van der Waals surface area contributed by atoms with Crippen molar-refractivity contribution in [1.82, 2.24) is 5.32 Å². The van der Waals surface area contributed by atoms with Crippen LogP contribution in [0.1, 0.15) is 38.5 Å². The number of rotatable bonds is 10. The molecule has 16 nitrogen and oxygen atoms in total. The first kappa shape index (κ1) is 47.4. The predicted octanol–water partition coefficient (Wildman–Crippen LogP) is 0.499. The molecule has 0 radical (unpaired) electrons. The molecule has 2 aliphatic carbocycles. The fourth-order valence-electron chi connectivity index (χ4n) is 6.77. The van der Waals surface area contributed by atoms with Gasteiger partial charge in [0.1, 0.15) is 18.0 Å². The molecule has 15 N–H and O–H groups in total. The quantitative estimate of drug-likeness (QED) is 0.149. The molecule has 8 unspecified atom stereocenters. The Kier molecular flexibility index (Phi) is 25.5. The van der Waals surface area contributed by atoms with Crippen molar-refractivity contribution >= 4 is 29.8 Å². The molecule has 2 aliphatic heterocycles. The molecular formula is C28H60Br2CdN8O8. The Hall–Kier alpha value is 0.372. The maximum atomic E-state index is 6.14. The van der Waals surface area contributed by atoms with E-state index < -0.39 is 6.29 Å². The molecule has 0 spiro atoms. The third-order valence-electron chi connectivity index (χ3n) is 9.02. The number of nitrogens with one attached hydrogen (secondary N) is 1. The molecule has 276 valence electrons. The van der Waals surface area contributed by atoms with Crippen molar-refractivity contribution in [3.8, 4) is 0 Å². The Balaban J connectivity index is 0.000000799. The smallest absolute Gasteiger partial charge is 0.457 e. The Labute approximate surface area is 303 Å². The largest absolute Gasteiger partial charge is 0.457 e. The summed E-state index contributed by atoms with van der Waals surface area (Å²) in [6.45, 7) is 0.717. The summed E-state index contributed by atoms with van der Waals surface area (Å²) in [5, 5.41) is 11.5. The van der Waals surface area contributed by atoms with Gasteiger partial charge in [0.15, 0.2) is 0 Å². The van der Waals surface area contributed by atoms with Gasteiger partial charge in [0.2, 0.25) is 0 Å². The van der Waals surface area contributed by atoms with E-state index in [9.17, 15) is 0 Å². The number of hydrogen-bond donors (Lipinski definition) is 5. The van der Waals surface area contributed by atoms with Crippen molar-refractivity contribution < 1.29 is 58.8 Å². The first-order valence-corrected chi connectivity index (χ1v) is 33.4.